The van der Waals surface area contributed by atoms with Gasteiger partial charge in [-0.3, -0.25) is 0 Å². The second kappa shape index (κ2) is 14.2. The first-order valence-corrected chi connectivity index (χ1v) is 14.4. The monoisotopic (exact) mass is 488 g/mol. The van der Waals surface area contributed by atoms with Crippen LogP contribution in [-0.4, -0.2) is 11.7 Å². The Hall–Kier alpha value is -0.820. The highest BCUT2D eigenvalue weighted by molar-refractivity contribution is 5.31. The molecule has 0 saturated carbocycles. The summed E-state index contributed by atoms with van der Waals surface area (Å²) in [5.74, 6) is 2.11. The van der Waals surface area contributed by atoms with Crippen molar-refractivity contribution in [1.29, 1.82) is 0 Å². The molecule has 0 bridgehead atoms. The van der Waals surface area contributed by atoms with Gasteiger partial charge in [-0.2, -0.15) is 0 Å². The molecule has 35 heavy (non-hydrogen) atoms. The van der Waals surface area contributed by atoms with E-state index in [-0.39, 0.29) is 17.1 Å². The van der Waals surface area contributed by atoms with Crippen LogP contribution in [0.15, 0.2) is 35.5 Å². The summed E-state index contributed by atoms with van der Waals surface area (Å²) in [7, 11) is 0. The first kappa shape index (κ1) is 34.2. The molecule has 0 heterocycles. The van der Waals surface area contributed by atoms with Gasteiger partial charge < -0.3 is 4.74 Å². The van der Waals surface area contributed by atoms with Crippen LogP contribution < -0.4 is 0 Å². The maximum absolute atomic E-state index is 6.81. The summed E-state index contributed by atoms with van der Waals surface area (Å²) in [5, 5.41) is 0. The Labute approximate surface area is 222 Å². The topological polar surface area (TPSA) is 9.23 Å². The van der Waals surface area contributed by atoms with E-state index in [1.165, 1.54) is 36.8 Å². The third-order valence-electron chi connectivity index (χ3n) is 7.83. The van der Waals surface area contributed by atoms with Crippen molar-refractivity contribution in [2.45, 2.75) is 148 Å². The van der Waals surface area contributed by atoms with E-state index in [2.05, 4.69) is 123 Å². The van der Waals surface area contributed by atoms with Crippen LogP contribution in [0.1, 0.15) is 136 Å². The molecular weight excluding hydrogens is 424 g/mol. The van der Waals surface area contributed by atoms with Crippen LogP contribution in [0.25, 0.3) is 0 Å². The lowest BCUT2D eigenvalue weighted by atomic mass is 9.76. The molecule has 0 N–H and O–H groups in total. The molecule has 5 atom stereocenters. The predicted octanol–water partition coefficient (Wildman–Crippen LogP) is 11.2. The van der Waals surface area contributed by atoms with Gasteiger partial charge in [0.2, 0.25) is 0 Å². The lowest BCUT2D eigenvalue weighted by molar-refractivity contribution is -0.100. The van der Waals surface area contributed by atoms with Gasteiger partial charge in [0, 0.05) is 6.42 Å². The van der Waals surface area contributed by atoms with Gasteiger partial charge in [-0.25, -0.2) is 0 Å². The van der Waals surface area contributed by atoms with Gasteiger partial charge in [-0.15, -0.1) is 0 Å². The van der Waals surface area contributed by atoms with Crippen LogP contribution in [-0.2, 0) is 4.74 Å². The molecule has 0 amide bonds. The largest absolute Gasteiger partial charge is 0.372 e. The summed E-state index contributed by atoms with van der Waals surface area (Å²) >= 11 is 0. The molecule has 0 rings (SSSR count). The summed E-state index contributed by atoms with van der Waals surface area (Å²) in [6, 6.07) is 0. The second-order valence-electron chi connectivity index (χ2n) is 14.7. The number of allylic oxidation sites excluding steroid dienone is 4. The zero-order valence-electron chi connectivity index (χ0n) is 26.7. The maximum Gasteiger partial charge on any atom is 0.0670 e. The molecule has 0 fully saturated rings. The highest BCUT2D eigenvalue weighted by Gasteiger charge is 2.32. The van der Waals surface area contributed by atoms with Gasteiger partial charge in [0.25, 0.3) is 0 Å². The minimum absolute atomic E-state index is 0.207. The Kier molecular flexibility index (Phi) is 13.9. The van der Waals surface area contributed by atoms with Crippen LogP contribution in [0.3, 0.4) is 0 Å². The molecule has 0 saturated heterocycles. The van der Waals surface area contributed by atoms with Crippen molar-refractivity contribution >= 4 is 0 Å². The standard InChI is InChI=1S/C34H64O/c1-17-18-25(4)21-31(27(6)22-32(9,10)11)30(20-19-26(5)24(2)3)23-34(15,16)35-29(8)28(7)33(12,13)14/h19-20,25-29H,2,17-18,21-23H2,1,3-16H3. The summed E-state index contributed by atoms with van der Waals surface area (Å²) < 4.78 is 6.81. The smallest absolute Gasteiger partial charge is 0.0670 e. The highest BCUT2D eigenvalue weighted by Crippen LogP contribution is 2.38. The summed E-state index contributed by atoms with van der Waals surface area (Å²) in [6.07, 6.45) is 10.8. The van der Waals surface area contributed by atoms with Crippen molar-refractivity contribution in [1.82, 2.24) is 0 Å². The molecular formula is C34H64O. The predicted molar refractivity (Wildman–Crippen MR) is 160 cm³/mol. The van der Waals surface area contributed by atoms with E-state index in [0.29, 0.717) is 29.1 Å². The molecule has 1 nitrogen and oxygen atoms in total. The van der Waals surface area contributed by atoms with Gasteiger partial charge in [-0.1, -0.05) is 119 Å². The number of rotatable bonds is 14. The Morgan fingerprint density at radius 2 is 1.46 bits per heavy atom. The molecule has 0 aliphatic carbocycles. The van der Waals surface area contributed by atoms with Crippen molar-refractivity contribution in [2.24, 2.45) is 34.5 Å². The Morgan fingerprint density at radius 3 is 1.89 bits per heavy atom. The third kappa shape index (κ3) is 13.9. The van der Waals surface area contributed by atoms with E-state index in [1.807, 2.05) is 0 Å². The molecule has 0 aliphatic rings. The van der Waals surface area contributed by atoms with Gasteiger partial charge in [0.1, 0.15) is 0 Å². The molecule has 0 aliphatic heterocycles. The highest BCUT2D eigenvalue weighted by atomic mass is 16.5. The number of ether oxygens (including phenoxy) is 1. The average molecular weight is 489 g/mol. The minimum Gasteiger partial charge on any atom is -0.372 e. The molecule has 206 valence electrons. The molecule has 0 spiro atoms. The van der Waals surface area contributed by atoms with Crippen molar-refractivity contribution < 1.29 is 4.74 Å². The fourth-order valence-electron chi connectivity index (χ4n) is 5.17. The molecule has 0 aromatic rings. The van der Waals surface area contributed by atoms with Crippen LogP contribution in [0.2, 0.25) is 0 Å². The zero-order valence-corrected chi connectivity index (χ0v) is 26.7. The third-order valence-corrected chi connectivity index (χ3v) is 7.83. The lowest BCUT2D eigenvalue weighted by Crippen LogP contribution is -2.37. The Morgan fingerprint density at radius 1 is 0.914 bits per heavy atom. The van der Waals surface area contributed by atoms with Crippen molar-refractivity contribution in [3.63, 3.8) is 0 Å². The van der Waals surface area contributed by atoms with E-state index in [4.69, 9.17) is 4.74 Å². The summed E-state index contributed by atoms with van der Waals surface area (Å²) in [5.41, 5.74) is 4.64. The maximum atomic E-state index is 6.81. The van der Waals surface area contributed by atoms with Gasteiger partial charge in [0.05, 0.1) is 11.7 Å². The quantitative estimate of drug-likeness (QED) is 0.174. The first-order chi connectivity index (χ1) is 15.7. The van der Waals surface area contributed by atoms with E-state index in [9.17, 15) is 0 Å². The number of hydrogen-bond acceptors (Lipinski definition) is 1. The fraction of sp³-hybridized carbons (Fsp3) is 0.824. The Balaban J connectivity index is 6.44. The van der Waals surface area contributed by atoms with Gasteiger partial charge in [0.15, 0.2) is 0 Å². The zero-order chi connectivity index (χ0) is 27.8. The van der Waals surface area contributed by atoms with E-state index in [0.717, 1.165) is 6.42 Å². The molecule has 0 aromatic heterocycles. The van der Waals surface area contributed by atoms with E-state index in [1.54, 1.807) is 5.57 Å². The van der Waals surface area contributed by atoms with Crippen LogP contribution >= 0.6 is 0 Å². The minimum atomic E-state index is -0.230. The second-order valence-corrected chi connectivity index (χ2v) is 14.7. The van der Waals surface area contributed by atoms with Gasteiger partial charge in [-0.05, 0) is 80.6 Å². The van der Waals surface area contributed by atoms with Crippen molar-refractivity contribution in [3.8, 4) is 0 Å². The Bertz CT molecular complexity index is 691. The SMILES string of the molecule is C=C(C)C(C)C=CC(CC(C)(C)OC(C)C(C)C(C)(C)C)=C(CC(C)CCC)C(C)CC(C)(C)C. The van der Waals surface area contributed by atoms with Gasteiger partial charge >= 0.3 is 0 Å². The lowest BCUT2D eigenvalue weighted by Gasteiger charge is -2.38. The summed E-state index contributed by atoms with van der Waals surface area (Å²) in [4.78, 5) is 0. The number of hydrogen-bond donors (Lipinski definition) is 0. The van der Waals surface area contributed by atoms with Crippen LogP contribution in [0.4, 0.5) is 0 Å². The fourth-order valence-corrected chi connectivity index (χ4v) is 5.17. The first-order valence-electron chi connectivity index (χ1n) is 14.4. The van der Waals surface area contributed by atoms with E-state index < -0.39 is 0 Å². The van der Waals surface area contributed by atoms with Crippen molar-refractivity contribution in [3.05, 3.63) is 35.5 Å². The molecule has 1 heteroatoms. The molecule has 0 aromatic carbocycles. The van der Waals surface area contributed by atoms with E-state index >= 15 is 0 Å². The normalized spacial score (nSPS) is 18.7. The molecule has 0 radical (unpaired) electrons. The average Bonchev–Trinajstić information content (AvgIpc) is 2.66. The van der Waals surface area contributed by atoms with Crippen LogP contribution in [0, 0.1) is 34.5 Å². The van der Waals surface area contributed by atoms with Crippen LogP contribution in [0.5, 0.6) is 0 Å². The molecule has 5 unspecified atom stereocenters. The summed E-state index contributed by atoms with van der Waals surface area (Å²) in [6.45, 7) is 39.0. The van der Waals surface area contributed by atoms with Crippen molar-refractivity contribution in [2.75, 3.05) is 0 Å².